The van der Waals surface area contributed by atoms with Gasteiger partial charge >= 0.3 is 0 Å². The van der Waals surface area contributed by atoms with Crippen LogP contribution in [0.3, 0.4) is 0 Å². The predicted octanol–water partition coefficient (Wildman–Crippen LogP) is 5.02. The topological polar surface area (TPSA) is 0 Å². The standard InChI is InChI=1S/C17H26/c1-12-7-13(2)9-15(8-12)17(10-14(17)3)11-16(4,5)6/h7-9,14H,10-11H2,1-6H3. The van der Waals surface area contributed by atoms with Gasteiger partial charge in [-0.05, 0) is 49.0 Å². The Kier molecular flexibility index (Phi) is 2.88. The van der Waals surface area contributed by atoms with E-state index in [9.17, 15) is 0 Å². The third-order valence-corrected chi connectivity index (χ3v) is 4.10. The number of hydrogen-bond acceptors (Lipinski definition) is 0. The first kappa shape index (κ1) is 12.7. The second-order valence-electron chi connectivity index (χ2n) is 7.38. The van der Waals surface area contributed by atoms with Gasteiger partial charge in [0.2, 0.25) is 0 Å². The van der Waals surface area contributed by atoms with Crippen molar-refractivity contribution in [2.24, 2.45) is 11.3 Å². The summed E-state index contributed by atoms with van der Waals surface area (Å²) in [6, 6.07) is 7.09. The second kappa shape index (κ2) is 3.86. The molecule has 0 aliphatic heterocycles. The van der Waals surface area contributed by atoms with Gasteiger partial charge in [0.1, 0.15) is 0 Å². The van der Waals surface area contributed by atoms with Crippen molar-refractivity contribution in [2.75, 3.05) is 0 Å². The molecule has 1 aromatic carbocycles. The van der Waals surface area contributed by atoms with Crippen molar-refractivity contribution in [2.45, 2.75) is 59.8 Å². The van der Waals surface area contributed by atoms with Crippen molar-refractivity contribution in [3.05, 3.63) is 34.9 Å². The molecule has 1 fully saturated rings. The summed E-state index contributed by atoms with van der Waals surface area (Å²) >= 11 is 0. The monoisotopic (exact) mass is 230 g/mol. The molecule has 17 heavy (non-hydrogen) atoms. The van der Waals surface area contributed by atoms with Gasteiger partial charge in [-0.2, -0.15) is 0 Å². The molecule has 0 bridgehead atoms. The molecule has 2 atom stereocenters. The van der Waals surface area contributed by atoms with E-state index in [1.54, 1.807) is 5.56 Å². The summed E-state index contributed by atoms with van der Waals surface area (Å²) in [4.78, 5) is 0. The molecule has 2 rings (SSSR count). The maximum Gasteiger partial charge on any atom is -0.00130 e. The molecule has 0 aromatic heterocycles. The van der Waals surface area contributed by atoms with Crippen LogP contribution in [0.2, 0.25) is 0 Å². The average molecular weight is 230 g/mol. The first-order valence-electron chi connectivity index (χ1n) is 6.82. The third kappa shape index (κ3) is 2.56. The van der Waals surface area contributed by atoms with Gasteiger partial charge in [-0.3, -0.25) is 0 Å². The van der Waals surface area contributed by atoms with Gasteiger partial charge in [0.15, 0.2) is 0 Å². The van der Waals surface area contributed by atoms with Gasteiger partial charge in [0, 0.05) is 0 Å². The fourth-order valence-electron chi connectivity index (χ4n) is 3.45. The van der Waals surface area contributed by atoms with Crippen LogP contribution in [-0.2, 0) is 5.41 Å². The zero-order chi connectivity index (χ0) is 12.8. The summed E-state index contributed by atoms with van der Waals surface area (Å²) in [5, 5.41) is 0. The molecule has 1 aromatic rings. The number of hydrogen-bond donors (Lipinski definition) is 0. The highest BCUT2D eigenvalue weighted by atomic mass is 14.6. The minimum Gasteiger partial charge on any atom is -0.0616 e. The van der Waals surface area contributed by atoms with E-state index in [-0.39, 0.29) is 0 Å². The molecule has 2 unspecified atom stereocenters. The van der Waals surface area contributed by atoms with Gasteiger partial charge in [0.25, 0.3) is 0 Å². The molecule has 0 spiro atoms. The van der Waals surface area contributed by atoms with Crippen molar-refractivity contribution in [1.29, 1.82) is 0 Å². The van der Waals surface area contributed by atoms with Crippen LogP contribution in [0, 0.1) is 25.2 Å². The Balaban J connectivity index is 2.36. The zero-order valence-electron chi connectivity index (χ0n) is 12.2. The summed E-state index contributed by atoms with van der Waals surface area (Å²) in [7, 11) is 0. The Labute approximate surface area is 106 Å². The van der Waals surface area contributed by atoms with Crippen LogP contribution in [-0.4, -0.2) is 0 Å². The fraction of sp³-hybridized carbons (Fsp3) is 0.647. The Morgan fingerprint density at radius 2 is 1.59 bits per heavy atom. The van der Waals surface area contributed by atoms with Gasteiger partial charge in [-0.1, -0.05) is 57.0 Å². The highest BCUT2D eigenvalue weighted by molar-refractivity contribution is 5.39. The minimum absolute atomic E-state index is 0.419. The van der Waals surface area contributed by atoms with Crippen molar-refractivity contribution in [3.8, 4) is 0 Å². The first-order chi connectivity index (χ1) is 7.73. The fourth-order valence-corrected chi connectivity index (χ4v) is 3.45. The van der Waals surface area contributed by atoms with Crippen LogP contribution in [0.25, 0.3) is 0 Å². The number of rotatable bonds is 2. The van der Waals surface area contributed by atoms with Gasteiger partial charge in [-0.25, -0.2) is 0 Å². The molecular formula is C17H26. The molecule has 1 aliphatic rings. The lowest BCUT2D eigenvalue weighted by Crippen LogP contribution is -2.19. The molecule has 0 amide bonds. The lowest BCUT2D eigenvalue weighted by atomic mass is 9.77. The van der Waals surface area contributed by atoms with E-state index in [2.05, 4.69) is 59.7 Å². The molecule has 1 aliphatic carbocycles. The molecule has 0 heterocycles. The van der Waals surface area contributed by atoms with E-state index in [1.165, 1.54) is 24.0 Å². The quantitative estimate of drug-likeness (QED) is 0.669. The van der Waals surface area contributed by atoms with Crippen LogP contribution in [0.5, 0.6) is 0 Å². The second-order valence-corrected chi connectivity index (χ2v) is 7.38. The Bertz CT molecular complexity index is 402. The summed E-state index contributed by atoms with van der Waals surface area (Å²) in [6.45, 7) is 13.9. The molecule has 1 saturated carbocycles. The van der Waals surface area contributed by atoms with Crippen LogP contribution in [0.15, 0.2) is 18.2 Å². The number of benzene rings is 1. The SMILES string of the molecule is Cc1cc(C)cc(C2(CC(C)(C)C)CC2C)c1. The summed E-state index contributed by atoms with van der Waals surface area (Å²) in [5.41, 5.74) is 5.29. The van der Waals surface area contributed by atoms with Gasteiger partial charge in [0.05, 0.1) is 0 Å². The highest BCUT2D eigenvalue weighted by Crippen LogP contribution is 2.59. The van der Waals surface area contributed by atoms with Gasteiger partial charge < -0.3 is 0 Å². The highest BCUT2D eigenvalue weighted by Gasteiger charge is 2.53. The molecule has 0 nitrogen and oxygen atoms in total. The Morgan fingerprint density at radius 3 is 1.94 bits per heavy atom. The molecule has 0 saturated heterocycles. The van der Waals surface area contributed by atoms with Crippen LogP contribution in [0.4, 0.5) is 0 Å². The molecule has 0 heteroatoms. The van der Waals surface area contributed by atoms with E-state index in [1.807, 2.05) is 0 Å². The summed E-state index contributed by atoms with van der Waals surface area (Å²) < 4.78 is 0. The van der Waals surface area contributed by atoms with E-state index < -0.39 is 0 Å². The predicted molar refractivity (Wildman–Crippen MR) is 75.4 cm³/mol. The van der Waals surface area contributed by atoms with Crippen molar-refractivity contribution >= 4 is 0 Å². The summed E-state index contributed by atoms with van der Waals surface area (Å²) in [5.74, 6) is 0.850. The molecular weight excluding hydrogens is 204 g/mol. The molecule has 0 N–H and O–H groups in total. The molecule has 0 radical (unpaired) electrons. The molecule has 94 valence electrons. The normalized spacial score (nSPS) is 28.2. The average Bonchev–Trinajstić information content (AvgIpc) is 2.72. The lowest BCUT2D eigenvalue weighted by molar-refractivity contribution is 0.318. The summed E-state index contributed by atoms with van der Waals surface area (Å²) in [6.07, 6.45) is 2.68. The lowest BCUT2D eigenvalue weighted by Gasteiger charge is -2.28. The van der Waals surface area contributed by atoms with Crippen molar-refractivity contribution in [1.82, 2.24) is 0 Å². The smallest absolute Gasteiger partial charge is 0.00130 e. The Hall–Kier alpha value is -0.780. The van der Waals surface area contributed by atoms with E-state index in [0.29, 0.717) is 10.8 Å². The maximum absolute atomic E-state index is 2.41. The van der Waals surface area contributed by atoms with E-state index in [0.717, 1.165) is 5.92 Å². The van der Waals surface area contributed by atoms with E-state index >= 15 is 0 Å². The minimum atomic E-state index is 0.419. The zero-order valence-corrected chi connectivity index (χ0v) is 12.2. The Morgan fingerprint density at radius 1 is 1.12 bits per heavy atom. The van der Waals surface area contributed by atoms with Crippen molar-refractivity contribution in [3.63, 3.8) is 0 Å². The van der Waals surface area contributed by atoms with Crippen LogP contribution in [0.1, 0.15) is 57.2 Å². The van der Waals surface area contributed by atoms with E-state index in [4.69, 9.17) is 0 Å². The van der Waals surface area contributed by atoms with Crippen molar-refractivity contribution < 1.29 is 0 Å². The van der Waals surface area contributed by atoms with Crippen LogP contribution >= 0.6 is 0 Å². The van der Waals surface area contributed by atoms with Gasteiger partial charge in [-0.15, -0.1) is 0 Å². The largest absolute Gasteiger partial charge is 0.0616 e. The maximum atomic E-state index is 2.41. The van der Waals surface area contributed by atoms with Crippen LogP contribution < -0.4 is 0 Å². The number of aryl methyl sites for hydroxylation is 2. The third-order valence-electron chi connectivity index (χ3n) is 4.10. The first-order valence-corrected chi connectivity index (χ1v) is 6.82.